The number of nitrogens with one attached hydrogen (secondary N) is 1. The molecular weight excluding hydrogens is 176 g/mol. The Hall–Kier alpha value is -0.120. The molecule has 0 radical (unpaired) electrons. The first-order chi connectivity index (χ1) is 6.61. The standard InChI is InChI=1S/C11H24N2O/c1-4-11(14,5-2)9-13(3)10-6-7-12-8-10/h10,12,14H,4-9H2,1-3H3. The van der Waals surface area contributed by atoms with E-state index in [1.54, 1.807) is 0 Å². The molecule has 1 unspecified atom stereocenters. The highest BCUT2D eigenvalue weighted by molar-refractivity contribution is 4.85. The third-order valence-corrected chi connectivity index (χ3v) is 3.52. The first-order valence-electron chi connectivity index (χ1n) is 5.74. The van der Waals surface area contributed by atoms with Crippen LogP contribution in [0.5, 0.6) is 0 Å². The van der Waals surface area contributed by atoms with Crippen LogP contribution >= 0.6 is 0 Å². The zero-order chi connectivity index (χ0) is 10.6. The smallest absolute Gasteiger partial charge is 0.0768 e. The van der Waals surface area contributed by atoms with E-state index >= 15 is 0 Å². The summed E-state index contributed by atoms with van der Waals surface area (Å²) in [5, 5.41) is 13.5. The van der Waals surface area contributed by atoms with Gasteiger partial charge < -0.3 is 10.4 Å². The van der Waals surface area contributed by atoms with E-state index in [1.807, 2.05) is 0 Å². The van der Waals surface area contributed by atoms with Crippen molar-refractivity contribution in [1.29, 1.82) is 0 Å². The van der Waals surface area contributed by atoms with Gasteiger partial charge in [0, 0.05) is 19.1 Å². The van der Waals surface area contributed by atoms with E-state index < -0.39 is 5.60 Å². The van der Waals surface area contributed by atoms with Crippen LogP contribution in [0.3, 0.4) is 0 Å². The molecule has 14 heavy (non-hydrogen) atoms. The monoisotopic (exact) mass is 200 g/mol. The molecule has 0 aromatic carbocycles. The second kappa shape index (κ2) is 5.10. The number of likely N-dealkylation sites (N-methyl/N-ethyl adjacent to an activating group) is 1. The van der Waals surface area contributed by atoms with E-state index in [1.165, 1.54) is 6.42 Å². The van der Waals surface area contributed by atoms with Crippen LogP contribution in [0.1, 0.15) is 33.1 Å². The summed E-state index contributed by atoms with van der Waals surface area (Å²) in [5.74, 6) is 0. The summed E-state index contributed by atoms with van der Waals surface area (Å²) >= 11 is 0. The van der Waals surface area contributed by atoms with Gasteiger partial charge in [0.25, 0.3) is 0 Å². The second-order valence-corrected chi connectivity index (χ2v) is 4.49. The largest absolute Gasteiger partial charge is 0.389 e. The molecule has 0 spiro atoms. The average molecular weight is 200 g/mol. The molecule has 1 rings (SSSR count). The van der Waals surface area contributed by atoms with Crippen LogP contribution < -0.4 is 5.32 Å². The minimum atomic E-state index is -0.489. The lowest BCUT2D eigenvalue weighted by molar-refractivity contribution is -0.00514. The van der Waals surface area contributed by atoms with Crippen molar-refractivity contribution in [3.63, 3.8) is 0 Å². The lowest BCUT2D eigenvalue weighted by Crippen LogP contribution is -2.45. The molecule has 0 aromatic rings. The molecule has 0 saturated carbocycles. The van der Waals surface area contributed by atoms with Crippen LogP contribution in [-0.2, 0) is 0 Å². The van der Waals surface area contributed by atoms with Gasteiger partial charge in [-0.25, -0.2) is 0 Å². The summed E-state index contributed by atoms with van der Waals surface area (Å²) in [5.41, 5.74) is -0.489. The Bertz CT molecular complexity index is 163. The Morgan fingerprint density at radius 2 is 2.07 bits per heavy atom. The highest BCUT2D eigenvalue weighted by Crippen LogP contribution is 2.18. The lowest BCUT2D eigenvalue weighted by atomic mass is 9.96. The fourth-order valence-corrected chi connectivity index (χ4v) is 2.08. The molecule has 1 fully saturated rings. The Morgan fingerprint density at radius 1 is 1.43 bits per heavy atom. The topological polar surface area (TPSA) is 35.5 Å². The van der Waals surface area contributed by atoms with Gasteiger partial charge >= 0.3 is 0 Å². The van der Waals surface area contributed by atoms with E-state index in [2.05, 4.69) is 31.1 Å². The van der Waals surface area contributed by atoms with Crippen molar-refractivity contribution in [3.8, 4) is 0 Å². The van der Waals surface area contributed by atoms with Crippen LogP contribution in [0.4, 0.5) is 0 Å². The minimum Gasteiger partial charge on any atom is -0.389 e. The quantitative estimate of drug-likeness (QED) is 0.690. The molecule has 0 aliphatic carbocycles. The fourth-order valence-electron chi connectivity index (χ4n) is 2.08. The minimum absolute atomic E-state index is 0.489. The normalized spacial score (nSPS) is 23.4. The summed E-state index contributed by atoms with van der Waals surface area (Å²) in [6, 6.07) is 0.611. The molecule has 3 heteroatoms. The first kappa shape index (κ1) is 12.0. The van der Waals surface area contributed by atoms with Gasteiger partial charge in [-0.05, 0) is 32.9 Å². The average Bonchev–Trinajstić information content (AvgIpc) is 2.70. The lowest BCUT2D eigenvalue weighted by Gasteiger charge is -2.33. The Labute approximate surface area is 87.5 Å². The summed E-state index contributed by atoms with van der Waals surface area (Å²) in [4.78, 5) is 2.30. The molecule has 1 aliphatic rings. The first-order valence-corrected chi connectivity index (χ1v) is 5.74. The molecule has 2 N–H and O–H groups in total. The maximum atomic E-state index is 10.2. The van der Waals surface area contributed by atoms with Crippen LogP contribution in [0.25, 0.3) is 0 Å². The third-order valence-electron chi connectivity index (χ3n) is 3.52. The van der Waals surface area contributed by atoms with Crippen LogP contribution in [0.2, 0.25) is 0 Å². The number of hydrogen-bond donors (Lipinski definition) is 2. The van der Waals surface area contributed by atoms with Crippen molar-refractivity contribution in [1.82, 2.24) is 10.2 Å². The highest BCUT2D eigenvalue weighted by atomic mass is 16.3. The van der Waals surface area contributed by atoms with E-state index in [0.717, 1.165) is 32.5 Å². The SMILES string of the molecule is CCC(O)(CC)CN(C)C1CCNC1. The molecule has 0 amide bonds. The molecule has 3 nitrogen and oxygen atoms in total. The number of hydrogen-bond acceptors (Lipinski definition) is 3. The number of aliphatic hydroxyl groups is 1. The van der Waals surface area contributed by atoms with E-state index in [4.69, 9.17) is 0 Å². The summed E-state index contributed by atoms with van der Waals surface area (Å²) in [6.45, 7) is 7.10. The zero-order valence-corrected chi connectivity index (χ0v) is 9.71. The van der Waals surface area contributed by atoms with Crippen LogP contribution in [0, 0.1) is 0 Å². The van der Waals surface area contributed by atoms with E-state index in [-0.39, 0.29) is 0 Å². The third kappa shape index (κ3) is 2.94. The van der Waals surface area contributed by atoms with Crippen molar-refractivity contribution < 1.29 is 5.11 Å². The van der Waals surface area contributed by atoms with Gasteiger partial charge in [0.1, 0.15) is 0 Å². The number of nitrogens with zero attached hydrogens (tertiary/aromatic N) is 1. The molecule has 1 saturated heterocycles. The predicted octanol–water partition coefficient (Wildman–Crippen LogP) is 0.831. The van der Waals surface area contributed by atoms with Gasteiger partial charge in [0.05, 0.1) is 5.60 Å². The Balaban J connectivity index is 2.41. The Kier molecular flexibility index (Phi) is 4.35. The van der Waals surface area contributed by atoms with Gasteiger partial charge in [-0.15, -0.1) is 0 Å². The van der Waals surface area contributed by atoms with Gasteiger partial charge in [0.15, 0.2) is 0 Å². The molecule has 0 aromatic heterocycles. The molecule has 84 valence electrons. The second-order valence-electron chi connectivity index (χ2n) is 4.49. The maximum Gasteiger partial charge on any atom is 0.0768 e. The molecule has 0 bridgehead atoms. The van der Waals surface area contributed by atoms with Crippen LogP contribution in [-0.4, -0.2) is 48.3 Å². The van der Waals surface area contributed by atoms with E-state index in [0.29, 0.717) is 6.04 Å². The Morgan fingerprint density at radius 3 is 2.50 bits per heavy atom. The van der Waals surface area contributed by atoms with Crippen LogP contribution in [0.15, 0.2) is 0 Å². The van der Waals surface area contributed by atoms with Crippen molar-refractivity contribution >= 4 is 0 Å². The zero-order valence-electron chi connectivity index (χ0n) is 9.71. The van der Waals surface area contributed by atoms with Crippen molar-refractivity contribution in [2.45, 2.75) is 44.8 Å². The van der Waals surface area contributed by atoms with Crippen molar-refractivity contribution in [3.05, 3.63) is 0 Å². The van der Waals surface area contributed by atoms with Gasteiger partial charge in [-0.2, -0.15) is 0 Å². The molecule has 1 heterocycles. The molecule has 1 aliphatic heterocycles. The predicted molar refractivity (Wildman–Crippen MR) is 59.4 cm³/mol. The fraction of sp³-hybridized carbons (Fsp3) is 1.00. The highest BCUT2D eigenvalue weighted by Gasteiger charge is 2.28. The number of rotatable bonds is 5. The molecule has 1 atom stereocenters. The van der Waals surface area contributed by atoms with Gasteiger partial charge in [-0.3, -0.25) is 4.90 Å². The summed E-state index contributed by atoms with van der Waals surface area (Å²) < 4.78 is 0. The van der Waals surface area contributed by atoms with Gasteiger partial charge in [0.2, 0.25) is 0 Å². The van der Waals surface area contributed by atoms with Crippen molar-refractivity contribution in [2.75, 3.05) is 26.7 Å². The van der Waals surface area contributed by atoms with Gasteiger partial charge in [-0.1, -0.05) is 13.8 Å². The summed E-state index contributed by atoms with van der Waals surface area (Å²) in [7, 11) is 2.12. The van der Waals surface area contributed by atoms with E-state index in [9.17, 15) is 5.11 Å². The molecular formula is C11H24N2O. The van der Waals surface area contributed by atoms with Crippen molar-refractivity contribution in [2.24, 2.45) is 0 Å². The summed E-state index contributed by atoms with van der Waals surface area (Å²) in [6.07, 6.45) is 2.89. The maximum absolute atomic E-state index is 10.2.